The average molecular weight is 346 g/mol. The first-order valence-corrected chi connectivity index (χ1v) is 7.57. The van der Waals surface area contributed by atoms with E-state index >= 15 is 0 Å². The third kappa shape index (κ3) is 5.20. The molecule has 0 bridgehead atoms. The summed E-state index contributed by atoms with van der Waals surface area (Å²) >= 11 is 0. The van der Waals surface area contributed by atoms with Crippen LogP contribution in [0.5, 0.6) is 5.75 Å². The number of rotatable bonds is 5. The Labute approximate surface area is 144 Å². The molecule has 0 fully saturated rings. The zero-order chi connectivity index (χ0) is 18.4. The molecule has 0 heterocycles. The molecule has 2 aromatic rings. The van der Waals surface area contributed by atoms with Crippen LogP contribution in [-0.4, -0.2) is 25.2 Å². The van der Waals surface area contributed by atoms with E-state index in [-0.39, 0.29) is 5.69 Å². The number of halogens is 1. The fourth-order valence-corrected chi connectivity index (χ4v) is 2.00. The van der Waals surface area contributed by atoms with Crippen LogP contribution in [0.1, 0.15) is 12.5 Å². The molecule has 0 saturated heterocycles. The van der Waals surface area contributed by atoms with Gasteiger partial charge >= 0.3 is 6.09 Å². The molecule has 0 spiro atoms. The third-order valence-electron chi connectivity index (χ3n) is 3.35. The van der Waals surface area contributed by atoms with Gasteiger partial charge < -0.3 is 14.8 Å². The monoisotopic (exact) mass is 346 g/mol. The molecule has 0 unspecified atom stereocenters. The van der Waals surface area contributed by atoms with Crippen molar-refractivity contribution in [2.75, 3.05) is 17.7 Å². The van der Waals surface area contributed by atoms with Gasteiger partial charge in [-0.15, -0.1) is 0 Å². The molecule has 2 N–H and O–H groups in total. The molecule has 0 aliphatic heterocycles. The van der Waals surface area contributed by atoms with Gasteiger partial charge in [0.25, 0.3) is 5.91 Å². The van der Waals surface area contributed by atoms with E-state index in [0.29, 0.717) is 11.4 Å². The summed E-state index contributed by atoms with van der Waals surface area (Å²) < 4.78 is 23.8. The largest absolute Gasteiger partial charge is 0.481 e. The predicted molar refractivity (Wildman–Crippen MR) is 92.3 cm³/mol. The van der Waals surface area contributed by atoms with Crippen molar-refractivity contribution in [3.63, 3.8) is 0 Å². The van der Waals surface area contributed by atoms with E-state index in [1.165, 1.54) is 19.2 Å². The van der Waals surface area contributed by atoms with Crippen LogP contribution in [0.4, 0.5) is 20.6 Å². The molecule has 0 saturated carbocycles. The van der Waals surface area contributed by atoms with Crippen LogP contribution in [0, 0.1) is 12.7 Å². The molecule has 25 heavy (non-hydrogen) atoms. The van der Waals surface area contributed by atoms with Crippen molar-refractivity contribution in [2.45, 2.75) is 20.0 Å². The van der Waals surface area contributed by atoms with Crippen molar-refractivity contribution < 1.29 is 23.5 Å². The van der Waals surface area contributed by atoms with Crippen LogP contribution in [0.3, 0.4) is 0 Å². The SMILES string of the molecule is COC(=O)Nc1ccc(O[C@H](C)C(=O)Nc2ccc(C)cc2F)cc1. The number of carbonyl (C=O) groups excluding carboxylic acids is 2. The highest BCUT2D eigenvalue weighted by atomic mass is 19.1. The summed E-state index contributed by atoms with van der Waals surface area (Å²) in [6.07, 6.45) is -1.42. The van der Waals surface area contributed by atoms with E-state index in [2.05, 4.69) is 15.4 Å². The number of nitrogens with one attached hydrogen (secondary N) is 2. The van der Waals surface area contributed by atoms with Gasteiger partial charge in [-0.2, -0.15) is 0 Å². The Morgan fingerprint density at radius 1 is 1.08 bits per heavy atom. The van der Waals surface area contributed by atoms with Crippen LogP contribution >= 0.6 is 0 Å². The first kappa shape index (κ1) is 18.3. The molecule has 0 aliphatic carbocycles. The predicted octanol–water partition coefficient (Wildman–Crippen LogP) is 3.72. The van der Waals surface area contributed by atoms with Crippen molar-refractivity contribution >= 4 is 23.4 Å². The van der Waals surface area contributed by atoms with Gasteiger partial charge in [-0.05, 0) is 55.8 Å². The van der Waals surface area contributed by atoms with E-state index < -0.39 is 23.9 Å². The molecule has 2 aromatic carbocycles. The Balaban J connectivity index is 1.95. The lowest BCUT2D eigenvalue weighted by molar-refractivity contribution is -0.122. The highest BCUT2D eigenvalue weighted by molar-refractivity contribution is 5.94. The third-order valence-corrected chi connectivity index (χ3v) is 3.35. The number of hydrogen-bond donors (Lipinski definition) is 2. The molecule has 2 amide bonds. The molecule has 0 aliphatic rings. The van der Waals surface area contributed by atoms with Gasteiger partial charge in [-0.3, -0.25) is 10.1 Å². The minimum atomic E-state index is -0.833. The van der Waals surface area contributed by atoms with Gasteiger partial charge in [0.2, 0.25) is 0 Å². The second-order valence-corrected chi connectivity index (χ2v) is 5.37. The summed E-state index contributed by atoms with van der Waals surface area (Å²) in [5, 5.41) is 4.99. The molecule has 6 nitrogen and oxygen atoms in total. The normalized spacial score (nSPS) is 11.4. The average Bonchev–Trinajstić information content (AvgIpc) is 2.58. The smallest absolute Gasteiger partial charge is 0.411 e. The van der Waals surface area contributed by atoms with Gasteiger partial charge in [-0.25, -0.2) is 9.18 Å². The van der Waals surface area contributed by atoms with E-state index in [0.717, 1.165) is 5.56 Å². The number of hydrogen-bond acceptors (Lipinski definition) is 4. The first-order chi connectivity index (χ1) is 11.9. The molecule has 132 valence electrons. The van der Waals surface area contributed by atoms with Crippen LogP contribution < -0.4 is 15.4 Å². The second kappa shape index (κ2) is 8.14. The summed E-state index contributed by atoms with van der Waals surface area (Å²) in [6.45, 7) is 3.32. The van der Waals surface area contributed by atoms with Crippen molar-refractivity contribution in [3.05, 3.63) is 53.8 Å². The number of ether oxygens (including phenoxy) is 2. The quantitative estimate of drug-likeness (QED) is 0.865. The zero-order valence-corrected chi connectivity index (χ0v) is 14.1. The summed E-state index contributed by atoms with van der Waals surface area (Å²) in [6, 6.07) is 11.0. The molecule has 0 radical (unpaired) electrons. The van der Waals surface area contributed by atoms with Crippen molar-refractivity contribution in [1.82, 2.24) is 0 Å². The minimum absolute atomic E-state index is 0.101. The maximum atomic E-state index is 13.8. The zero-order valence-electron chi connectivity index (χ0n) is 14.1. The lowest BCUT2D eigenvalue weighted by atomic mass is 10.2. The van der Waals surface area contributed by atoms with Crippen molar-refractivity contribution in [2.24, 2.45) is 0 Å². The Kier molecular flexibility index (Phi) is 5.94. The molecule has 0 aromatic heterocycles. The van der Waals surface area contributed by atoms with E-state index in [9.17, 15) is 14.0 Å². The highest BCUT2D eigenvalue weighted by Crippen LogP contribution is 2.19. The maximum absolute atomic E-state index is 13.8. The summed E-state index contributed by atoms with van der Waals surface area (Å²) in [5.41, 5.74) is 1.39. The summed E-state index contributed by atoms with van der Waals surface area (Å²) in [7, 11) is 1.27. The minimum Gasteiger partial charge on any atom is -0.481 e. The molecule has 7 heteroatoms. The van der Waals surface area contributed by atoms with Gasteiger partial charge in [0.05, 0.1) is 12.8 Å². The number of benzene rings is 2. The number of amides is 2. The second-order valence-electron chi connectivity index (χ2n) is 5.37. The standard InChI is InChI=1S/C18H19FN2O4/c1-11-4-9-16(15(19)10-11)21-17(22)12(2)25-14-7-5-13(6-8-14)20-18(23)24-3/h4-10,12H,1-3H3,(H,20,23)(H,21,22)/t12-/m1/s1. The Morgan fingerprint density at radius 2 is 1.76 bits per heavy atom. The fraction of sp³-hybridized carbons (Fsp3) is 0.222. The van der Waals surface area contributed by atoms with Crippen molar-refractivity contribution in [3.8, 4) is 5.75 Å². The fourth-order valence-electron chi connectivity index (χ4n) is 2.00. The number of methoxy groups -OCH3 is 1. The van der Waals surface area contributed by atoms with Crippen LogP contribution in [0.2, 0.25) is 0 Å². The van der Waals surface area contributed by atoms with Crippen LogP contribution in [0.25, 0.3) is 0 Å². The van der Waals surface area contributed by atoms with Crippen molar-refractivity contribution in [1.29, 1.82) is 0 Å². The number of aryl methyl sites for hydroxylation is 1. The molecular weight excluding hydrogens is 327 g/mol. The lowest BCUT2D eigenvalue weighted by Gasteiger charge is -2.15. The molecule has 2 rings (SSSR count). The van der Waals surface area contributed by atoms with Gasteiger partial charge in [0.1, 0.15) is 11.6 Å². The van der Waals surface area contributed by atoms with Gasteiger partial charge in [0, 0.05) is 5.69 Å². The molecule has 1 atom stereocenters. The highest BCUT2D eigenvalue weighted by Gasteiger charge is 2.16. The first-order valence-electron chi connectivity index (χ1n) is 7.57. The Morgan fingerprint density at radius 3 is 2.36 bits per heavy atom. The maximum Gasteiger partial charge on any atom is 0.411 e. The van der Waals surface area contributed by atoms with E-state index in [1.807, 2.05) is 0 Å². The topological polar surface area (TPSA) is 76.7 Å². The molecular formula is C18H19FN2O4. The Bertz CT molecular complexity index is 762. The van der Waals surface area contributed by atoms with Gasteiger partial charge in [0.15, 0.2) is 6.10 Å². The van der Waals surface area contributed by atoms with Crippen LogP contribution in [-0.2, 0) is 9.53 Å². The van der Waals surface area contributed by atoms with E-state index in [1.54, 1.807) is 44.2 Å². The van der Waals surface area contributed by atoms with E-state index in [4.69, 9.17) is 4.74 Å². The lowest BCUT2D eigenvalue weighted by Crippen LogP contribution is -2.30. The van der Waals surface area contributed by atoms with Crippen LogP contribution in [0.15, 0.2) is 42.5 Å². The Hall–Kier alpha value is -3.09. The number of carbonyl (C=O) groups is 2. The number of anilines is 2. The summed E-state index contributed by atoms with van der Waals surface area (Å²) in [5.74, 6) is -0.541. The summed E-state index contributed by atoms with van der Waals surface area (Å²) in [4.78, 5) is 23.2. The van der Waals surface area contributed by atoms with Gasteiger partial charge in [-0.1, -0.05) is 6.07 Å².